The lowest BCUT2D eigenvalue weighted by Gasteiger charge is -2.28. The number of rotatable bonds is 3. The van der Waals surface area contributed by atoms with Crippen LogP contribution in [-0.2, 0) is 0 Å². The molecule has 0 unspecified atom stereocenters. The highest BCUT2D eigenvalue weighted by atomic mass is 32.2. The second kappa shape index (κ2) is 4.99. The third-order valence-electron chi connectivity index (χ3n) is 1.84. The van der Waals surface area contributed by atoms with Crippen molar-refractivity contribution >= 4 is 28.3 Å². The highest BCUT2D eigenvalue weighted by Crippen LogP contribution is 2.17. The van der Waals surface area contributed by atoms with E-state index in [0.717, 1.165) is 4.32 Å². The summed E-state index contributed by atoms with van der Waals surface area (Å²) in [6.07, 6.45) is 3.85. The number of thiocarbonyl (C=S) groups is 1. The molecule has 1 rings (SSSR count). The van der Waals surface area contributed by atoms with E-state index in [1.165, 1.54) is 38.1 Å². The van der Waals surface area contributed by atoms with Gasteiger partial charge in [-0.3, -0.25) is 0 Å². The van der Waals surface area contributed by atoms with Gasteiger partial charge in [0.1, 0.15) is 4.32 Å². The van der Waals surface area contributed by atoms with Gasteiger partial charge in [0.15, 0.2) is 0 Å². The average Bonchev–Trinajstić information content (AvgIpc) is 2.03. The smallest absolute Gasteiger partial charge is 0.136 e. The molecule has 0 amide bonds. The van der Waals surface area contributed by atoms with Gasteiger partial charge in [-0.15, -0.1) is 0 Å². The van der Waals surface area contributed by atoms with E-state index in [-0.39, 0.29) is 0 Å². The highest BCUT2D eigenvalue weighted by molar-refractivity contribution is 8.22. The number of thioether (sulfide) groups is 1. The minimum absolute atomic E-state index is 1.12. The zero-order valence-corrected chi connectivity index (χ0v) is 8.64. The highest BCUT2D eigenvalue weighted by Gasteiger charge is 2.13. The molecule has 0 radical (unpaired) electrons. The van der Waals surface area contributed by atoms with Gasteiger partial charge in [-0.05, 0) is 12.8 Å². The van der Waals surface area contributed by atoms with Gasteiger partial charge in [0.25, 0.3) is 0 Å². The Kier molecular flexibility index (Phi) is 4.23. The zero-order chi connectivity index (χ0) is 8.10. The van der Waals surface area contributed by atoms with Crippen molar-refractivity contribution in [3.8, 4) is 0 Å². The molecule has 1 aliphatic heterocycles. The van der Waals surface area contributed by atoms with Crippen LogP contribution in [0, 0.1) is 0 Å². The van der Waals surface area contributed by atoms with Crippen LogP contribution in [-0.4, -0.2) is 28.1 Å². The lowest BCUT2D eigenvalue weighted by Crippen LogP contribution is -2.33. The van der Waals surface area contributed by atoms with Crippen molar-refractivity contribution in [2.24, 2.45) is 0 Å². The van der Waals surface area contributed by atoms with E-state index in [0.29, 0.717) is 0 Å². The van der Waals surface area contributed by atoms with E-state index in [4.69, 9.17) is 12.2 Å². The molecule has 0 aromatic rings. The summed E-state index contributed by atoms with van der Waals surface area (Å²) in [5, 5.41) is 0. The molecule has 0 aromatic heterocycles. The van der Waals surface area contributed by atoms with Crippen molar-refractivity contribution in [3.63, 3.8) is 0 Å². The number of hydrogen-bond acceptors (Lipinski definition) is 2. The van der Waals surface area contributed by atoms with Gasteiger partial charge in [0, 0.05) is 18.8 Å². The molecule has 0 spiro atoms. The average molecular weight is 189 g/mol. The summed E-state index contributed by atoms with van der Waals surface area (Å²) < 4.78 is 1.12. The molecule has 1 heterocycles. The molecule has 0 atom stereocenters. The van der Waals surface area contributed by atoms with Crippen molar-refractivity contribution in [2.45, 2.75) is 26.2 Å². The van der Waals surface area contributed by atoms with Gasteiger partial charge < -0.3 is 4.90 Å². The van der Waals surface area contributed by atoms with Gasteiger partial charge in [0.2, 0.25) is 0 Å². The van der Waals surface area contributed by atoms with E-state index in [1.807, 2.05) is 11.8 Å². The molecule has 0 bridgehead atoms. The summed E-state index contributed by atoms with van der Waals surface area (Å²) in [6.45, 7) is 4.58. The second-order valence-electron chi connectivity index (χ2n) is 2.81. The molecule has 3 heteroatoms. The maximum atomic E-state index is 5.23. The van der Waals surface area contributed by atoms with Crippen molar-refractivity contribution in [1.29, 1.82) is 0 Å². The summed E-state index contributed by atoms with van der Waals surface area (Å²) in [5.41, 5.74) is 0. The normalized spacial score (nSPS) is 19.0. The first kappa shape index (κ1) is 9.33. The summed E-state index contributed by atoms with van der Waals surface area (Å²) in [4.78, 5) is 2.34. The molecule has 0 aliphatic carbocycles. The summed E-state index contributed by atoms with van der Waals surface area (Å²) in [7, 11) is 0. The summed E-state index contributed by atoms with van der Waals surface area (Å²) >= 11 is 7.06. The monoisotopic (exact) mass is 189 g/mol. The molecule has 1 saturated heterocycles. The van der Waals surface area contributed by atoms with Gasteiger partial charge >= 0.3 is 0 Å². The van der Waals surface area contributed by atoms with Crippen LogP contribution in [0.4, 0.5) is 0 Å². The first-order valence-corrected chi connectivity index (χ1v) is 5.65. The van der Waals surface area contributed by atoms with Crippen LogP contribution >= 0.6 is 24.0 Å². The molecular weight excluding hydrogens is 174 g/mol. The molecule has 11 heavy (non-hydrogen) atoms. The van der Waals surface area contributed by atoms with E-state index in [9.17, 15) is 0 Å². The molecule has 0 N–H and O–H groups in total. The van der Waals surface area contributed by atoms with E-state index in [1.54, 1.807) is 0 Å². The fraction of sp³-hybridized carbons (Fsp3) is 0.875. The Hall–Kier alpha value is 0.240. The third kappa shape index (κ3) is 2.99. The first-order chi connectivity index (χ1) is 5.34. The zero-order valence-electron chi connectivity index (χ0n) is 7.01. The molecule has 0 saturated carbocycles. The maximum Gasteiger partial charge on any atom is 0.136 e. The van der Waals surface area contributed by atoms with Crippen molar-refractivity contribution in [1.82, 2.24) is 4.90 Å². The van der Waals surface area contributed by atoms with Crippen molar-refractivity contribution in [2.75, 3.05) is 18.8 Å². The quantitative estimate of drug-likeness (QED) is 0.628. The fourth-order valence-corrected chi connectivity index (χ4v) is 2.40. The van der Waals surface area contributed by atoms with Crippen LogP contribution in [0.15, 0.2) is 0 Å². The van der Waals surface area contributed by atoms with Crippen LogP contribution < -0.4 is 0 Å². The van der Waals surface area contributed by atoms with Gasteiger partial charge in [-0.1, -0.05) is 37.3 Å². The number of nitrogens with zero attached hydrogens (tertiary/aromatic N) is 1. The van der Waals surface area contributed by atoms with E-state index >= 15 is 0 Å². The Morgan fingerprint density at radius 3 is 3.09 bits per heavy atom. The molecular formula is C8H15NS2. The molecule has 64 valence electrons. The number of unbranched alkanes of at least 4 members (excludes halogenated alkanes) is 1. The Bertz CT molecular complexity index is 136. The number of hydrogen-bond donors (Lipinski definition) is 0. The lowest BCUT2D eigenvalue weighted by atomic mass is 10.3. The van der Waals surface area contributed by atoms with Gasteiger partial charge in [-0.2, -0.15) is 0 Å². The second-order valence-corrected chi connectivity index (χ2v) is 4.54. The molecule has 0 aromatic carbocycles. The van der Waals surface area contributed by atoms with Gasteiger partial charge in [0.05, 0.1) is 0 Å². The van der Waals surface area contributed by atoms with Gasteiger partial charge in [-0.25, -0.2) is 0 Å². The summed E-state index contributed by atoms with van der Waals surface area (Å²) in [5.74, 6) is 1.22. The topological polar surface area (TPSA) is 3.24 Å². The fourth-order valence-electron chi connectivity index (χ4n) is 1.15. The first-order valence-electron chi connectivity index (χ1n) is 4.26. The Balaban J connectivity index is 2.24. The van der Waals surface area contributed by atoms with Crippen LogP contribution in [0.25, 0.3) is 0 Å². The lowest BCUT2D eigenvalue weighted by molar-refractivity contribution is 0.417. The molecule has 1 aliphatic rings. The third-order valence-corrected chi connectivity index (χ3v) is 3.45. The largest absolute Gasteiger partial charge is 0.357 e. The summed E-state index contributed by atoms with van der Waals surface area (Å²) in [6, 6.07) is 0. The maximum absolute atomic E-state index is 5.23. The van der Waals surface area contributed by atoms with E-state index < -0.39 is 0 Å². The van der Waals surface area contributed by atoms with Crippen molar-refractivity contribution < 1.29 is 0 Å². The Morgan fingerprint density at radius 1 is 1.64 bits per heavy atom. The van der Waals surface area contributed by atoms with Crippen LogP contribution in [0.2, 0.25) is 0 Å². The molecule has 1 fully saturated rings. The minimum Gasteiger partial charge on any atom is -0.357 e. The van der Waals surface area contributed by atoms with Crippen molar-refractivity contribution in [3.05, 3.63) is 0 Å². The van der Waals surface area contributed by atoms with Crippen LogP contribution in [0.5, 0.6) is 0 Å². The SMILES string of the molecule is CCCCN1CCCSC1=S. The Morgan fingerprint density at radius 2 is 2.45 bits per heavy atom. The van der Waals surface area contributed by atoms with Crippen LogP contribution in [0.1, 0.15) is 26.2 Å². The predicted octanol–water partition coefficient (Wildman–Crippen LogP) is 2.51. The Labute approximate surface area is 78.5 Å². The van der Waals surface area contributed by atoms with Crippen LogP contribution in [0.3, 0.4) is 0 Å². The predicted molar refractivity (Wildman–Crippen MR) is 56.2 cm³/mol. The van der Waals surface area contributed by atoms with E-state index in [2.05, 4.69) is 11.8 Å². The minimum atomic E-state index is 1.12. The standard InChI is InChI=1S/C8H15NS2/c1-2-3-5-9-6-4-7-11-8(9)10/h2-7H2,1H3. The molecule has 1 nitrogen and oxygen atoms in total.